The van der Waals surface area contributed by atoms with E-state index in [-0.39, 0.29) is 11.9 Å². The van der Waals surface area contributed by atoms with Gasteiger partial charge in [-0.05, 0) is 35.4 Å². The number of methoxy groups -OCH3 is 2. The molecule has 4 heteroatoms. The number of benzene rings is 3. The summed E-state index contributed by atoms with van der Waals surface area (Å²) in [6.07, 6.45) is 0. The van der Waals surface area contributed by atoms with E-state index in [4.69, 9.17) is 9.47 Å². The fourth-order valence-corrected chi connectivity index (χ4v) is 2.97. The van der Waals surface area contributed by atoms with Gasteiger partial charge in [0.05, 0.1) is 25.8 Å². The van der Waals surface area contributed by atoms with Gasteiger partial charge in [0.15, 0.2) is 0 Å². The number of hydrogen-bond donors (Lipinski definition) is 1. The second-order valence-corrected chi connectivity index (χ2v) is 5.83. The third-order valence-electron chi connectivity index (χ3n) is 4.29. The minimum atomic E-state index is -0.181. The lowest BCUT2D eigenvalue weighted by Crippen LogP contribution is -2.27. The van der Waals surface area contributed by atoms with Crippen molar-refractivity contribution in [3.8, 4) is 11.5 Å². The van der Waals surface area contributed by atoms with Crippen LogP contribution < -0.4 is 14.8 Å². The molecule has 0 unspecified atom stereocenters. The van der Waals surface area contributed by atoms with Crippen molar-refractivity contribution in [3.63, 3.8) is 0 Å². The Morgan fingerprint density at radius 2 is 1.72 bits per heavy atom. The van der Waals surface area contributed by atoms with Crippen molar-refractivity contribution in [3.05, 3.63) is 71.8 Å². The van der Waals surface area contributed by atoms with Crippen LogP contribution in [0, 0.1) is 0 Å². The normalized spacial score (nSPS) is 11.8. The van der Waals surface area contributed by atoms with Crippen molar-refractivity contribution in [2.45, 2.75) is 13.0 Å². The molecule has 3 aromatic carbocycles. The summed E-state index contributed by atoms with van der Waals surface area (Å²) >= 11 is 0. The molecule has 0 aliphatic carbocycles. The quantitative estimate of drug-likeness (QED) is 0.754. The molecule has 1 atom stereocenters. The number of ether oxygens (including phenoxy) is 2. The Kier molecular flexibility index (Phi) is 4.89. The zero-order chi connectivity index (χ0) is 17.8. The lowest BCUT2D eigenvalue weighted by atomic mass is 9.99. The van der Waals surface area contributed by atoms with Crippen LogP contribution in [0.15, 0.2) is 60.7 Å². The summed E-state index contributed by atoms with van der Waals surface area (Å²) in [5, 5.41) is 5.35. The molecule has 0 aromatic heterocycles. The molecule has 0 saturated carbocycles. The maximum Gasteiger partial charge on any atom is 0.255 e. The van der Waals surface area contributed by atoms with Crippen LogP contribution in [0.4, 0.5) is 0 Å². The smallest absolute Gasteiger partial charge is 0.255 e. The Morgan fingerprint density at radius 3 is 2.48 bits per heavy atom. The summed E-state index contributed by atoms with van der Waals surface area (Å²) in [6.45, 7) is 1.98. The molecule has 0 aliphatic rings. The molecule has 3 aromatic rings. The highest BCUT2D eigenvalue weighted by Crippen LogP contribution is 2.27. The summed E-state index contributed by atoms with van der Waals surface area (Å²) in [4.78, 5) is 12.7. The second-order valence-electron chi connectivity index (χ2n) is 5.83. The van der Waals surface area contributed by atoms with Gasteiger partial charge >= 0.3 is 0 Å². The van der Waals surface area contributed by atoms with Gasteiger partial charge in [0.2, 0.25) is 0 Å². The highest BCUT2D eigenvalue weighted by molar-refractivity contribution is 5.97. The van der Waals surface area contributed by atoms with Gasteiger partial charge < -0.3 is 14.8 Å². The van der Waals surface area contributed by atoms with Crippen molar-refractivity contribution < 1.29 is 14.3 Å². The topological polar surface area (TPSA) is 47.6 Å². The number of hydrogen-bond acceptors (Lipinski definition) is 3. The van der Waals surface area contributed by atoms with Crippen LogP contribution in [0.3, 0.4) is 0 Å². The Bertz CT molecular complexity index is 899. The maximum atomic E-state index is 12.7. The van der Waals surface area contributed by atoms with E-state index in [9.17, 15) is 4.79 Å². The first-order valence-corrected chi connectivity index (χ1v) is 8.14. The summed E-state index contributed by atoms with van der Waals surface area (Å²) in [5.74, 6) is 0.956. The maximum absolute atomic E-state index is 12.7. The van der Waals surface area contributed by atoms with Gasteiger partial charge in [-0.2, -0.15) is 0 Å². The van der Waals surface area contributed by atoms with Crippen molar-refractivity contribution in [2.75, 3.05) is 14.2 Å². The lowest BCUT2D eigenvalue weighted by Gasteiger charge is -2.18. The van der Waals surface area contributed by atoms with E-state index in [0.717, 1.165) is 16.3 Å². The van der Waals surface area contributed by atoms with E-state index in [2.05, 4.69) is 23.5 Å². The molecule has 0 spiro atoms. The Labute approximate surface area is 147 Å². The minimum absolute atomic E-state index is 0.134. The largest absolute Gasteiger partial charge is 0.497 e. The predicted octanol–water partition coefficient (Wildman–Crippen LogP) is 4.35. The van der Waals surface area contributed by atoms with Gasteiger partial charge in [-0.15, -0.1) is 0 Å². The van der Waals surface area contributed by atoms with Gasteiger partial charge in [0.25, 0.3) is 5.91 Å². The third-order valence-corrected chi connectivity index (χ3v) is 4.29. The van der Waals surface area contributed by atoms with E-state index >= 15 is 0 Å². The van der Waals surface area contributed by atoms with E-state index in [1.54, 1.807) is 32.4 Å². The first-order chi connectivity index (χ1) is 12.1. The van der Waals surface area contributed by atoms with Gasteiger partial charge in [0.1, 0.15) is 11.5 Å². The molecule has 128 valence electrons. The molecule has 25 heavy (non-hydrogen) atoms. The molecule has 0 fully saturated rings. The minimum Gasteiger partial charge on any atom is -0.497 e. The summed E-state index contributed by atoms with van der Waals surface area (Å²) in [7, 11) is 3.12. The standard InChI is InChI=1S/C21H21NO3/c1-14(17-10-6-8-15-7-4-5-9-18(15)17)22-21(23)19-12-11-16(24-2)13-20(19)25-3/h4-14H,1-3H3,(H,22,23)/t14-/m0/s1. The number of fused-ring (bicyclic) bond motifs is 1. The number of nitrogens with one attached hydrogen (secondary N) is 1. The fraction of sp³-hybridized carbons (Fsp3) is 0.190. The van der Waals surface area contributed by atoms with Crippen molar-refractivity contribution in [1.82, 2.24) is 5.32 Å². The average molecular weight is 335 g/mol. The number of carbonyl (C=O) groups excluding carboxylic acids is 1. The SMILES string of the molecule is COc1ccc(C(=O)N[C@@H](C)c2cccc3ccccc23)c(OC)c1. The highest BCUT2D eigenvalue weighted by Gasteiger charge is 2.17. The summed E-state index contributed by atoms with van der Waals surface area (Å²) in [5.41, 5.74) is 1.56. The van der Waals surface area contributed by atoms with Crippen LogP contribution in [0.2, 0.25) is 0 Å². The average Bonchev–Trinajstić information content (AvgIpc) is 2.66. The molecule has 0 heterocycles. The van der Waals surface area contributed by atoms with Crippen LogP contribution in [-0.2, 0) is 0 Å². The monoisotopic (exact) mass is 335 g/mol. The number of carbonyl (C=O) groups is 1. The third kappa shape index (κ3) is 3.43. The van der Waals surface area contributed by atoms with E-state index in [1.165, 1.54) is 0 Å². The zero-order valence-electron chi connectivity index (χ0n) is 14.6. The second kappa shape index (κ2) is 7.26. The molecule has 3 rings (SSSR count). The van der Waals surface area contributed by atoms with Gasteiger partial charge in [-0.25, -0.2) is 0 Å². The molecule has 4 nitrogen and oxygen atoms in total. The van der Waals surface area contributed by atoms with Crippen LogP contribution in [0.25, 0.3) is 10.8 Å². The van der Waals surface area contributed by atoms with Crippen molar-refractivity contribution in [1.29, 1.82) is 0 Å². The highest BCUT2D eigenvalue weighted by atomic mass is 16.5. The first kappa shape index (κ1) is 16.8. The number of amides is 1. The zero-order valence-corrected chi connectivity index (χ0v) is 14.6. The molecule has 0 aliphatic heterocycles. The lowest BCUT2D eigenvalue weighted by molar-refractivity contribution is 0.0937. The molecule has 0 radical (unpaired) electrons. The first-order valence-electron chi connectivity index (χ1n) is 8.14. The van der Waals surface area contributed by atoms with Crippen LogP contribution in [0.5, 0.6) is 11.5 Å². The van der Waals surface area contributed by atoms with Gasteiger partial charge in [0, 0.05) is 6.07 Å². The Morgan fingerprint density at radius 1 is 0.960 bits per heavy atom. The summed E-state index contributed by atoms with van der Waals surface area (Å²) in [6, 6.07) is 19.3. The van der Waals surface area contributed by atoms with Crippen molar-refractivity contribution in [2.24, 2.45) is 0 Å². The van der Waals surface area contributed by atoms with Gasteiger partial charge in [-0.3, -0.25) is 4.79 Å². The van der Waals surface area contributed by atoms with Crippen LogP contribution in [0.1, 0.15) is 28.9 Å². The number of rotatable bonds is 5. The molecule has 1 N–H and O–H groups in total. The Hall–Kier alpha value is -3.01. The molecule has 0 bridgehead atoms. The van der Waals surface area contributed by atoms with E-state index in [0.29, 0.717) is 17.1 Å². The van der Waals surface area contributed by atoms with E-state index in [1.807, 2.05) is 31.2 Å². The molecule has 1 amide bonds. The van der Waals surface area contributed by atoms with Crippen molar-refractivity contribution >= 4 is 16.7 Å². The predicted molar refractivity (Wildman–Crippen MR) is 99.4 cm³/mol. The molecular weight excluding hydrogens is 314 g/mol. The fourth-order valence-electron chi connectivity index (χ4n) is 2.97. The summed E-state index contributed by atoms with van der Waals surface area (Å²) < 4.78 is 10.5. The van der Waals surface area contributed by atoms with E-state index < -0.39 is 0 Å². The van der Waals surface area contributed by atoms with Crippen LogP contribution >= 0.6 is 0 Å². The van der Waals surface area contributed by atoms with Crippen LogP contribution in [-0.4, -0.2) is 20.1 Å². The molecule has 0 saturated heterocycles. The molecular formula is C21H21NO3. The van der Waals surface area contributed by atoms with Gasteiger partial charge in [-0.1, -0.05) is 42.5 Å². The Balaban J connectivity index is 1.87.